The molecule has 0 aromatic heterocycles. The minimum atomic E-state index is -0.345. The predicted molar refractivity (Wildman–Crippen MR) is 84.1 cm³/mol. The molecule has 0 bridgehead atoms. The molecule has 0 aromatic rings. The van der Waals surface area contributed by atoms with Crippen molar-refractivity contribution in [2.75, 3.05) is 13.2 Å². The Balaban J connectivity index is 3.64. The second-order valence-electron chi connectivity index (χ2n) is 5.55. The number of rotatable bonds is 14. The molecule has 3 nitrogen and oxygen atoms in total. The van der Waals surface area contributed by atoms with Gasteiger partial charge >= 0.3 is 0 Å². The summed E-state index contributed by atoms with van der Waals surface area (Å²) in [6.45, 7) is 9.39. The maximum absolute atomic E-state index is 12.0. The van der Waals surface area contributed by atoms with E-state index in [-0.39, 0.29) is 18.0 Å². The molecule has 120 valence electrons. The van der Waals surface area contributed by atoms with Crippen molar-refractivity contribution in [2.24, 2.45) is 0 Å². The zero-order valence-electron chi connectivity index (χ0n) is 14.0. The number of unbranched alkanes of at least 4 members (excludes halogenated alkanes) is 6. The van der Waals surface area contributed by atoms with E-state index in [4.69, 9.17) is 9.47 Å². The van der Waals surface area contributed by atoms with Crippen molar-refractivity contribution in [3.05, 3.63) is 0 Å². The van der Waals surface area contributed by atoms with Crippen molar-refractivity contribution < 1.29 is 14.3 Å². The topological polar surface area (TPSA) is 35.5 Å². The standard InChI is InChI=1S/C17H34O3/c1-5-7-9-11-13-19-15(3)17(18)16(4)20-14-12-10-8-6-2/h15-16H,5-14H2,1-4H3. The van der Waals surface area contributed by atoms with Crippen LogP contribution in [0.1, 0.15) is 79.1 Å². The molecule has 2 atom stereocenters. The molecular formula is C17H34O3. The third kappa shape index (κ3) is 10.4. The first-order chi connectivity index (χ1) is 9.63. The maximum atomic E-state index is 12.0. The molecular weight excluding hydrogens is 252 g/mol. The summed E-state index contributed by atoms with van der Waals surface area (Å²) in [5.41, 5.74) is 0. The van der Waals surface area contributed by atoms with Crippen molar-refractivity contribution in [3.63, 3.8) is 0 Å². The Morgan fingerprint density at radius 1 is 0.750 bits per heavy atom. The van der Waals surface area contributed by atoms with E-state index in [9.17, 15) is 4.79 Å². The lowest BCUT2D eigenvalue weighted by Gasteiger charge is -2.17. The van der Waals surface area contributed by atoms with E-state index in [2.05, 4.69) is 13.8 Å². The van der Waals surface area contributed by atoms with E-state index >= 15 is 0 Å². The smallest absolute Gasteiger partial charge is 0.189 e. The summed E-state index contributed by atoms with van der Waals surface area (Å²) >= 11 is 0. The highest BCUT2D eigenvalue weighted by Crippen LogP contribution is 2.06. The highest BCUT2D eigenvalue weighted by Gasteiger charge is 2.20. The lowest BCUT2D eigenvalue weighted by Crippen LogP contribution is -2.32. The molecule has 0 aromatic carbocycles. The van der Waals surface area contributed by atoms with Gasteiger partial charge in [-0.05, 0) is 26.7 Å². The Bertz CT molecular complexity index is 206. The second kappa shape index (κ2) is 13.6. The van der Waals surface area contributed by atoms with Gasteiger partial charge in [-0.2, -0.15) is 0 Å². The van der Waals surface area contributed by atoms with Gasteiger partial charge in [0.2, 0.25) is 0 Å². The van der Waals surface area contributed by atoms with Crippen LogP contribution in [0, 0.1) is 0 Å². The fourth-order valence-corrected chi connectivity index (χ4v) is 2.07. The molecule has 0 rings (SSSR count). The molecule has 0 aliphatic rings. The zero-order chi connectivity index (χ0) is 15.2. The summed E-state index contributed by atoms with van der Waals surface area (Å²) in [7, 11) is 0. The van der Waals surface area contributed by atoms with Crippen LogP contribution in [0.5, 0.6) is 0 Å². The Morgan fingerprint density at radius 3 is 1.50 bits per heavy atom. The van der Waals surface area contributed by atoms with Gasteiger partial charge in [-0.1, -0.05) is 52.4 Å². The molecule has 20 heavy (non-hydrogen) atoms. The number of hydrogen-bond donors (Lipinski definition) is 0. The van der Waals surface area contributed by atoms with Crippen LogP contribution in [0.3, 0.4) is 0 Å². The number of ether oxygens (including phenoxy) is 2. The highest BCUT2D eigenvalue weighted by molar-refractivity contribution is 5.86. The van der Waals surface area contributed by atoms with Crippen molar-refractivity contribution in [1.82, 2.24) is 0 Å². The Labute approximate surface area is 125 Å². The summed E-state index contributed by atoms with van der Waals surface area (Å²) in [5, 5.41) is 0. The van der Waals surface area contributed by atoms with Crippen LogP contribution in [-0.4, -0.2) is 31.2 Å². The van der Waals surface area contributed by atoms with Crippen LogP contribution in [0.25, 0.3) is 0 Å². The van der Waals surface area contributed by atoms with Crippen LogP contribution in [0.2, 0.25) is 0 Å². The van der Waals surface area contributed by atoms with E-state index in [1.807, 2.05) is 13.8 Å². The van der Waals surface area contributed by atoms with Crippen LogP contribution >= 0.6 is 0 Å². The molecule has 0 fully saturated rings. The summed E-state index contributed by atoms with van der Waals surface area (Å²) in [4.78, 5) is 12.0. The Morgan fingerprint density at radius 2 is 1.15 bits per heavy atom. The number of Topliss-reactive ketones (excluding diaryl/α,β-unsaturated/α-hetero) is 1. The molecule has 0 aliphatic carbocycles. The molecule has 0 saturated carbocycles. The molecule has 3 heteroatoms. The first kappa shape index (κ1) is 19.6. The molecule has 0 radical (unpaired) electrons. The third-order valence-corrected chi connectivity index (χ3v) is 3.53. The maximum Gasteiger partial charge on any atom is 0.189 e. The zero-order valence-corrected chi connectivity index (χ0v) is 14.0. The van der Waals surface area contributed by atoms with E-state index in [0.717, 1.165) is 12.8 Å². The van der Waals surface area contributed by atoms with Gasteiger partial charge in [0.1, 0.15) is 12.2 Å². The number of carbonyl (C=O) groups is 1. The summed E-state index contributed by atoms with van der Waals surface area (Å²) in [6, 6.07) is 0. The quantitative estimate of drug-likeness (QED) is 0.440. The lowest BCUT2D eigenvalue weighted by atomic mass is 10.1. The van der Waals surface area contributed by atoms with Gasteiger partial charge in [-0.3, -0.25) is 4.79 Å². The number of carbonyl (C=O) groups excluding carboxylic acids is 1. The fraction of sp³-hybridized carbons (Fsp3) is 0.941. The Hall–Kier alpha value is -0.410. The van der Waals surface area contributed by atoms with E-state index in [0.29, 0.717) is 13.2 Å². The largest absolute Gasteiger partial charge is 0.371 e. The number of hydrogen-bond acceptors (Lipinski definition) is 3. The van der Waals surface area contributed by atoms with E-state index in [1.165, 1.54) is 38.5 Å². The first-order valence-corrected chi connectivity index (χ1v) is 8.40. The van der Waals surface area contributed by atoms with Crippen molar-refractivity contribution in [3.8, 4) is 0 Å². The monoisotopic (exact) mass is 286 g/mol. The lowest BCUT2D eigenvalue weighted by molar-refractivity contribution is -0.140. The summed E-state index contributed by atoms with van der Waals surface area (Å²) in [6.07, 6.45) is 8.67. The first-order valence-electron chi connectivity index (χ1n) is 8.40. The summed E-state index contributed by atoms with van der Waals surface area (Å²) < 4.78 is 11.2. The van der Waals surface area contributed by atoms with Gasteiger partial charge < -0.3 is 9.47 Å². The normalized spacial score (nSPS) is 14.2. The van der Waals surface area contributed by atoms with Gasteiger partial charge in [0, 0.05) is 13.2 Å². The van der Waals surface area contributed by atoms with Gasteiger partial charge in [-0.25, -0.2) is 0 Å². The van der Waals surface area contributed by atoms with Crippen molar-refractivity contribution in [1.29, 1.82) is 0 Å². The minimum absolute atomic E-state index is 0.0657. The third-order valence-electron chi connectivity index (χ3n) is 3.53. The average molecular weight is 286 g/mol. The van der Waals surface area contributed by atoms with Crippen LogP contribution < -0.4 is 0 Å². The van der Waals surface area contributed by atoms with E-state index in [1.54, 1.807) is 0 Å². The molecule has 0 spiro atoms. The molecule has 0 saturated heterocycles. The highest BCUT2D eigenvalue weighted by atomic mass is 16.5. The van der Waals surface area contributed by atoms with Crippen LogP contribution in [0.15, 0.2) is 0 Å². The van der Waals surface area contributed by atoms with Gasteiger partial charge in [0.15, 0.2) is 5.78 Å². The van der Waals surface area contributed by atoms with Crippen LogP contribution in [0.4, 0.5) is 0 Å². The summed E-state index contributed by atoms with van der Waals surface area (Å²) in [5.74, 6) is 0.0657. The molecule has 0 heterocycles. The van der Waals surface area contributed by atoms with Crippen LogP contribution in [-0.2, 0) is 14.3 Å². The molecule has 0 aliphatic heterocycles. The molecule has 0 amide bonds. The van der Waals surface area contributed by atoms with Gasteiger partial charge in [-0.15, -0.1) is 0 Å². The minimum Gasteiger partial charge on any atom is -0.371 e. The van der Waals surface area contributed by atoms with Crippen molar-refractivity contribution in [2.45, 2.75) is 91.3 Å². The molecule has 2 unspecified atom stereocenters. The molecule has 0 N–H and O–H groups in total. The van der Waals surface area contributed by atoms with Crippen molar-refractivity contribution >= 4 is 5.78 Å². The van der Waals surface area contributed by atoms with Gasteiger partial charge in [0.25, 0.3) is 0 Å². The SMILES string of the molecule is CCCCCCOC(C)C(=O)C(C)OCCCCCC. The second-order valence-corrected chi connectivity index (χ2v) is 5.55. The van der Waals surface area contributed by atoms with E-state index < -0.39 is 0 Å². The number of ketones is 1. The average Bonchev–Trinajstić information content (AvgIpc) is 2.45. The fourth-order valence-electron chi connectivity index (χ4n) is 2.07. The van der Waals surface area contributed by atoms with Gasteiger partial charge in [0.05, 0.1) is 0 Å². The predicted octanol–water partition coefficient (Wildman–Crippen LogP) is 4.53. The Kier molecular flexibility index (Phi) is 13.3.